The molecule has 0 saturated carbocycles. The SMILES string of the molecule is CC(C)CC[C@@H](N)C(O)C(=O)N(N)C(=O)c1ccccn1. The van der Waals surface area contributed by atoms with Crippen molar-refractivity contribution < 1.29 is 14.7 Å². The number of nitrogens with zero attached hydrogens (tertiary/aromatic N) is 2. The molecular weight excluding hydrogens is 272 g/mol. The highest BCUT2D eigenvalue weighted by Gasteiger charge is 2.30. The Morgan fingerprint density at radius 2 is 2.00 bits per heavy atom. The number of hydrazine groups is 1. The van der Waals surface area contributed by atoms with E-state index < -0.39 is 24.0 Å². The number of aromatic nitrogens is 1. The fourth-order valence-corrected chi connectivity index (χ4v) is 1.72. The van der Waals surface area contributed by atoms with E-state index in [2.05, 4.69) is 4.98 Å². The maximum Gasteiger partial charge on any atom is 0.293 e. The molecule has 2 amide bonds. The molecule has 1 unspecified atom stereocenters. The van der Waals surface area contributed by atoms with Crippen LogP contribution in [0.2, 0.25) is 0 Å². The summed E-state index contributed by atoms with van der Waals surface area (Å²) in [5.41, 5.74) is 5.79. The van der Waals surface area contributed by atoms with Gasteiger partial charge in [0.15, 0.2) is 0 Å². The lowest BCUT2D eigenvalue weighted by molar-refractivity contribution is -0.138. The third kappa shape index (κ3) is 4.89. The van der Waals surface area contributed by atoms with Crippen molar-refractivity contribution in [3.05, 3.63) is 30.1 Å². The zero-order valence-corrected chi connectivity index (χ0v) is 12.3. The van der Waals surface area contributed by atoms with Gasteiger partial charge in [-0.05, 0) is 30.9 Å². The average molecular weight is 294 g/mol. The summed E-state index contributed by atoms with van der Waals surface area (Å²) >= 11 is 0. The molecule has 21 heavy (non-hydrogen) atoms. The highest BCUT2D eigenvalue weighted by atomic mass is 16.3. The number of imide groups is 1. The monoisotopic (exact) mass is 294 g/mol. The predicted molar refractivity (Wildman–Crippen MR) is 77.7 cm³/mol. The quantitative estimate of drug-likeness (QED) is 0.387. The minimum Gasteiger partial charge on any atom is -0.382 e. The fourth-order valence-electron chi connectivity index (χ4n) is 1.72. The summed E-state index contributed by atoms with van der Waals surface area (Å²) in [4.78, 5) is 27.7. The smallest absolute Gasteiger partial charge is 0.293 e. The van der Waals surface area contributed by atoms with Crippen LogP contribution in [0.15, 0.2) is 24.4 Å². The minimum absolute atomic E-state index is 0.0244. The first-order valence-corrected chi connectivity index (χ1v) is 6.82. The molecule has 0 aromatic carbocycles. The molecule has 1 aromatic rings. The number of hydrogen-bond donors (Lipinski definition) is 3. The molecule has 0 spiro atoms. The van der Waals surface area contributed by atoms with Crippen molar-refractivity contribution in [2.24, 2.45) is 17.5 Å². The van der Waals surface area contributed by atoms with Crippen molar-refractivity contribution in [1.29, 1.82) is 0 Å². The topological polar surface area (TPSA) is 123 Å². The summed E-state index contributed by atoms with van der Waals surface area (Å²) in [7, 11) is 0. The largest absolute Gasteiger partial charge is 0.382 e. The molecule has 7 heteroatoms. The lowest BCUT2D eigenvalue weighted by atomic mass is 10.00. The maximum absolute atomic E-state index is 12.0. The molecule has 2 atom stereocenters. The van der Waals surface area contributed by atoms with E-state index in [1.807, 2.05) is 13.8 Å². The van der Waals surface area contributed by atoms with Gasteiger partial charge in [-0.3, -0.25) is 14.6 Å². The number of carbonyl (C=O) groups excluding carboxylic acids is 2. The van der Waals surface area contributed by atoms with Crippen LogP contribution in [0, 0.1) is 5.92 Å². The van der Waals surface area contributed by atoms with Crippen molar-refractivity contribution in [2.45, 2.75) is 38.8 Å². The Kier molecular flexibility index (Phi) is 6.41. The fraction of sp³-hybridized carbons (Fsp3) is 0.500. The van der Waals surface area contributed by atoms with Crippen LogP contribution in [0.25, 0.3) is 0 Å². The van der Waals surface area contributed by atoms with Crippen molar-refractivity contribution in [1.82, 2.24) is 9.99 Å². The van der Waals surface area contributed by atoms with Crippen molar-refractivity contribution in [3.8, 4) is 0 Å². The van der Waals surface area contributed by atoms with Crippen LogP contribution in [0.3, 0.4) is 0 Å². The molecule has 5 N–H and O–H groups in total. The molecule has 7 nitrogen and oxygen atoms in total. The zero-order valence-electron chi connectivity index (χ0n) is 12.3. The maximum atomic E-state index is 12.0. The van der Waals surface area contributed by atoms with Crippen LogP contribution >= 0.6 is 0 Å². The van der Waals surface area contributed by atoms with Gasteiger partial charge in [0.2, 0.25) is 0 Å². The summed E-state index contributed by atoms with van der Waals surface area (Å²) in [6.07, 6.45) is 1.14. The second-order valence-electron chi connectivity index (χ2n) is 5.31. The van der Waals surface area contributed by atoms with Crippen LogP contribution in [-0.4, -0.2) is 39.1 Å². The second kappa shape index (κ2) is 7.82. The van der Waals surface area contributed by atoms with Gasteiger partial charge in [0, 0.05) is 12.2 Å². The second-order valence-corrected chi connectivity index (χ2v) is 5.31. The Bertz CT molecular complexity index is 478. The number of amides is 2. The number of carbonyl (C=O) groups is 2. The summed E-state index contributed by atoms with van der Waals surface area (Å²) in [6.45, 7) is 4.03. The molecule has 116 valence electrons. The number of aliphatic hydroxyl groups is 1. The van der Waals surface area contributed by atoms with E-state index in [0.29, 0.717) is 17.3 Å². The lowest BCUT2D eigenvalue weighted by Gasteiger charge is -2.22. The van der Waals surface area contributed by atoms with Crippen molar-refractivity contribution in [3.63, 3.8) is 0 Å². The van der Waals surface area contributed by atoms with E-state index in [0.717, 1.165) is 6.42 Å². The van der Waals surface area contributed by atoms with Crippen LogP contribution in [-0.2, 0) is 4.79 Å². The van der Waals surface area contributed by atoms with Crippen molar-refractivity contribution >= 4 is 11.8 Å². The molecule has 0 aliphatic rings. The first kappa shape index (κ1) is 17.2. The van der Waals surface area contributed by atoms with Gasteiger partial charge in [0.05, 0.1) is 0 Å². The molecule has 1 rings (SSSR count). The number of pyridine rings is 1. The molecule has 0 aliphatic heterocycles. The number of hydrogen-bond acceptors (Lipinski definition) is 6. The minimum atomic E-state index is -1.51. The van der Waals surface area contributed by atoms with Gasteiger partial charge in [-0.1, -0.05) is 19.9 Å². The Balaban J connectivity index is 2.67. The van der Waals surface area contributed by atoms with Gasteiger partial charge >= 0.3 is 0 Å². The van der Waals surface area contributed by atoms with Crippen LogP contribution in [0.1, 0.15) is 37.2 Å². The average Bonchev–Trinajstić information content (AvgIpc) is 2.50. The summed E-state index contributed by atoms with van der Waals surface area (Å²) in [5.74, 6) is 4.16. The molecule has 0 fully saturated rings. The van der Waals surface area contributed by atoms with E-state index in [1.165, 1.54) is 12.3 Å². The first-order chi connectivity index (χ1) is 9.84. The summed E-state index contributed by atoms with van der Waals surface area (Å²) in [6, 6.07) is 3.91. The van der Waals surface area contributed by atoms with Gasteiger partial charge in [0.1, 0.15) is 11.8 Å². The van der Waals surface area contributed by atoms with Gasteiger partial charge in [-0.25, -0.2) is 10.9 Å². The van der Waals surface area contributed by atoms with Gasteiger partial charge in [-0.2, -0.15) is 0 Å². The van der Waals surface area contributed by atoms with E-state index in [-0.39, 0.29) is 5.69 Å². The molecule has 0 radical (unpaired) electrons. The number of rotatable bonds is 6. The van der Waals surface area contributed by atoms with Gasteiger partial charge in [0.25, 0.3) is 11.8 Å². The first-order valence-electron chi connectivity index (χ1n) is 6.82. The van der Waals surface area contributed by atoms with E-state index in [9.17, 15) is 14.7 Å². The number of aliphatic hydroxyl groups excluding tert-OH is 1. The summed E-state index contributed by atoms with van der Waals surface area (Å²) in [5, 5.41) is 10.3. The standard InChI is InChI=1S/C14H22N4O3/c1-9(2)6-7-10(15)12(19)14(21)18(16)13(20)11-5-3-4-8-17-11/h3-5,8-10,12,19H,6-7,15-16H2,1-2H3/t10-,12?/m1/s1. The van der Waals surface area contributed by atoms with E-state index in [1.54, 1.807) is 12.1 Å². The van der Waals surface area contributed by atoms with E-state index in [4.69, 9.17) is 11.6 Å². The summed E-state index contributed by atoms with van der Waals surface area (Å²) < 4.78 is 0. The highest BCUT2D eigenvalue weighted by Crippen LogP contribution is 2.10. The molecule has 0 bridgehead atoms. The molecule has 0 saturated heterocycles. The third-order valence-electron chi connectivity index (χ3n) is 3.08. The van der Waals surface area contributed by atoms with Crippen molar-refractivity contribution in [2.75, 3.05) is 0 Å². The normalized spacial score (nSPS) is 13.8. The zero-order chi connectivity index (χ0) is 16.0. The van der Waals surface area contributed by atoms with Gasteiger partial charge < -0.3 is 10.8 Å². The van der Waals surface area contributed by atoms with Crippen LogP contribution in [0.4, 0.5) is 0 Å². The van der Waals surface area contributed by atoms with E-state index >= 15 is 0 Å². The Morgan fingerprint density at radius 3 is 2.52 bits per heavy atom. The number of nitrogens with two attached hydrogens (primary N) is 2. The van der Waals surface area contributed by atoms with Crippen LogP contribution < -0.4 is 11.6 Å². The third-order valence-corrected chi connectivity index (χ3v) is 3.08. The van der Waals surface area contributed by atoms with Crippen LogP contribution in [0.5, 0.6) is 0 Å². The lowest BCUT2D eigenvalue weighted by Crippen LogP contribution is -2.53. The molecular formula is C14H22N4O3. The predicted octanol–water partition coefficient (Wildman–Crippen LogP) is 0.0485. The Hall–Kier alpha value is -1.83. The highest BCUT2D eigenvalue weighted by molar-refractivity contribution is 6.04. The Labute approximate surface area is 123 Å². The Morgan fingerprint density at radius 1 is 1.33 bits per heavy atom. The molecule has 1 heterocycles. The van der Waals surface area contributed by atoms with Gasteiger partial charge in [-0.15, -0.1) is 0 Å². The molecule has 1 aromatic heterocycles. The molecule has 0 aliphatic carbocycles.